The van der Waals surface area contributed by atoms with E-state index in [4.69, 9.17) is 57.8 Å². The largest absolute Gasteiger partial charge is 0.461 e. The van der Waals surface area contributed by atoms with Gasteiger partial charge in [-0.3, -0.25) is 43.2 Å². The number of ketones is 3. The van der Waals surface area contributed by atoms with Gasteiger partial charge in [0.15, 0.2) is 30.1 Å². The Morgan fingerprint density at radius 1 is 0.723 bits per heavy atom. The number of aliphatic hydroxyl groups excluding tert-OH is 1. The zero-order chi connectivity index (χ0) is 84.9. The van der Waals surface area contributed by atoms with Gasteiger partial charge in [-0.25, -0.2) is 9.48 Å². The summed E-state index contributed by atoms with van der Waals surface area (Å²) in [6.07, 6.45) is 6.11. The number of primary amides is 1. The number of Topliss-reactive ketones (excluding diaryl/α,β-unsaturated/α-hetero) is 2. The van der Waals surface area contributed by atoms with Gasteiger partial charge in [-0.15, -0.1) is 5.10 Å². The number of aliphatic hydroxyl groups is 1. The van der Waals surface area contributed by atoms with Crippen LogP contribution in [0.5, 0.6) is 0 Å². The van der Waals surface area contributed by atoms with E-state index in [9.17, 15) is 53.1 Å². The topological polar surface area (TPSA) is 413 Å². The third-order valence-electron chi connectivity index (χ3n) is 23.4. The maximum atomic E-state index is 14.6. The number of nitrogens with zero attached hydrogens (tertiary/aromatic N) is 4. The van der Waals surface area contributed by atoms with Crippen molar-refractivity contribution in [2.45, 2.75) is 174 Å². The Hall–Kier alpha value is -9.06. The summed E-state index contributed by atoms with van der Waals surface area (Å²) in [6.45, 7) is 15.4. The van der Waals surface area contributed by atoms with Crippen LogP contribution >= 0.6 is 0 Å². The number of fused-ring (bicyclic) bond motifs is 12. The van der Waals surface area contributed by atoms with Crippen molar-refractivity contribution in [2.75, 3.05) is 136 Å². The number of ether oxygens (including phenoxy) is 11. The van der Waals surface area contributed by atoms with E-state index >= 15 is 0 Å². The van der Waals surface area contributed by atoms with Crippen molar-refractivity contribution in [1.82, 2.24) is 36.3 Å². The van der Waals surface area contributed by atoms with Crippen LogP contribution in [0.2, 0.25) is 0 Å². The van der Waals surface area contributed by atoms with E-state index in [1.165, 1.54) is 0 Å². The molecular formula is C87H120N10O22. The molecule has 8 N–H and O–H groups in total. The maximum Gasteiger partial charge on any atom is 0.312 e. The summed E-state index contributed by atoms with van der Waals surface area (Å²) in [6, 6.07) is 20.3. The van der Waals surface area contributed by atoms with Crippen LogP contribution in [0.3, 0.4) is 0 Å². The number of carbonyl (C=O) groups is 10. The Balaban J connectivity index is 0.569. The molecule has 3 aromatic carbocycles. The number of likely N-dealkylation sites (N-methyl/N-ethyl adjacent to an activating group) is 1. The molecule has 1 aromatic heterocycles. The molecule has 2 aliphatic heterocycles. The summed E-state index contributed by atoms with van der Waals surface area (Å²) in [4.78, 5) is 135. The Kier molecular flexibility index (Phi) is 35.3. The molecule has 3 saturated carbocycles. The number of esters is 2. The zero-order valence-electron chi connectivity index (χ0n) is 69.5. The summed E-state index contributed by atoms with van der Waals surface area (Å²) < 4.78 is 65.6. The Labute approximate surface area is 695 Å². The van der Waals surface area contributed by atoms with Gasteiger partial charge in [0.25, 0.3) is 0 Å². The quantitative estimate of drug-likeness (QED) is 0.0173. The van der Waals surface area contributed by atoms with Crippen molar-refractivity contribution in [3.05, 3.63) is 108 Å². The number of aromatic nitrogens is 3. The van der Waals surface area contributed by atoms with Gasteiger partial charge in [0.1, 0.15) is 12.3 Å². The number of amides is 6. The van der Waals surface area contributed by atoms with Gasteiger partial charge in [-0.05, 0) is 111 Å². The first-order valence-electron chi connectivity index (χ1n) is 41.9. The fourth-order valence-corrected chi connectivity index (χ4v) is 17.5. The minimum Gasteiger partial charge on any atom is -0.461 e. The SMILES string of the molecule is CCCC1O[C@@H]2C[C@H]3[C@@H]4CCC5=CC(=O)C=C[C@]5(C)[C@H]4[C@@H](O)C[C@]3(C)[C@]2(C(=O)COC(=O)CCC(=O)OCc2ccc(NC(=O)[C@H](CCCNC(N)=O)CC(=O)[C@@H](NC(=O)CCOCCOCCOCCOCCNC(=O)CCC(=O)N3Cc4ccccc4-c4nnn(CCOCCOCCOCCNC)c4-c4ccccc43)C(C)C)cc2)O1. The number of urea groups is 1. The fraction of sp³-hybridized carbons (Fsp3) is 0.609. The zero-order valence-corrected chi connectivity index (χ0v) is 69.5. The molecule has 32 nitrogen and oxygen atoms in total. The lowest BCUT2D eigenvalue weighted by molar-refractivity contribution is -0.201. The second kappa shape index (κ2) is 45.5. The molecule has 4 fully saturated rings. The highest BCUT2D eigenvalue weighted by atomic mass is 16.7. The monoisotopic (exact) mass is 1660 g/mol. The number of anilines is 2. The van der Waals surface area contributed by atoms with Crippen molar-refractivity contribution in [3.63, 3.8) is 0 Å². The molecule has 119 heavy (non-hydrogen) atoms. The molecular weight excluding hydrogens is 1540 g/mol. The predicted octanol–water partition coefficient (Wildman–Crippen LogP) is 6.99. The van der Waals surface area contributed by atoms with Crippen molar-refractivity contribution in [3.8, 4) is 22.5 Å². The lowest BCUT2D eigenvalue weighted by Gasteiger charge is -2.59. The molecule has 32 heteroatoms. The van der Waals surface area contributed by atoms with Crippen LogP contribution in [0.25, 0.3) is 22.5 Å². The van der Waals surface area contributed by atoms with E-state index in [2.05, 4.69) is 43.8 Å². The number of benzene rings is 3. The first-order chi connectivity index (χ1) is 57.5. The second-order valence-electron chi connectivity index (χ2n) is 31.8. The summed E-state index contributed by atoms with van der Waals surface area (Å²) in [7, 11) is 1.87. The molecule has 3 heterocycles. The first-order valence-corrected chi connectivity index (χ1v) is 41.9. The average Bonchev–Trinajstić information content (AvgIpc) is 1.65. The van der Waals surface area contributed by atoms with Gasteiger partial charge in [0, 0.05) is 84.8 Å². The van der Waals surface area contributed by atoms with Crippen LogP contribution in [0.1, 0.15) is 136 Å². The lowest BCUT2D eigenvalue weighted by Crippen LogP contribution is -2.63. The van der Waals surface area contributed by atoms with E-state index < -0.39 is 89.1 Å². The average molecular weight is 1660 g/mol. The van der Waals surface area contributed by atoms with Crippen LogP contribution in [-0.4, -0.2) is 235 Å². The van der Waals surface area contributed by atoms with Gasteiger partial charge in [-0.2, -0.15) is 0 Å². The molecule has 6 amide bonds. The van der Waals surface area contributed by atoms with Gasteiger partial charge in [0.2, 0.25) is 29.4 Å². The highest BCUT2D eigenvalue weighted by Crippen LogP contribution is 2.70. The van der Waals surface area contributed by atoms with Crippen molar-refractivity contribution in [2.24, 2.45) is 46.2 Å². The molecule has 650 valence electrons. The van der Waals surface area contributed by atoms with E-state index in [1.54, 1.807) is 59.8 Å². The highest BCUT2D eigenvalue weighted by Gasteiger charge is 2.76. The minimum atomic E-state index is -1.48. The van der Waals surface area contributed by atoms with Gasteiger partial charge < -0.3 is 94.4 Å². The van der Waals surface area contributed by atoms with Crippen molar-refractivity contribution >= 4 is 70.3 Å². The third kappa shape index (κ3) is 24.6. The van der Waals surface area contributed by atoms with Crippen LogP contribution in [0.4, 0.5) is 16.2 Å². The summed E-state index contributed by atoms with van der Waals surface area (Å²) in [5.74, 6) is -5.19. The predicted molar refractivity (Wildman–Crippen MR) is 436 cm³/mol. The van der Waals surface area contributed by atoms with Crippen LogP contribution in [0.15, 0.2) is 96.6 Å². The number of allylic oxidation sites excluding steroid dienone is 4. The first kappa shape index (κ1) is 92.2. The number of para-hydroxylation sites is 1. The second-order valence-corrected chi connectivity index (χ2v) is 31.8. The molecule has 0 bridgehead atoms. The third-order valence-corrected chi connectivity index (χ3v) is 23.4. The molecule has 0 radical (unpaired) electrons. The fourth-order valence-electron chi connectivity index (χ4n) is 17.5. The maximum absolute atomic E-state index is 14.6. The molecule has 0 spiro atoms. The Morgan fingerprint density at radius 2 is 1.37 bits per heavy atom. The molecule has 10 rings (SSSR count). The molecule has 6 aliphatic rings. The van der Waals surface area contributed by atoms with Crippen LogP contribution in [-0.2, 0) is 115 Å². The Morgan fingerprint density at radius 3 is 2.05 bits per heavy atom. The molecule has 4 aromatic rings. The smallest absolute Gasteiger partial charge is 0.312 e. The molecule has 4 aliphatic carbocycles. The van der Waals surface area contributed by atoms with E-state index in [1.807, 2.05) is 75.5 Å². The number of hydrogen-bond donors (Lipinski definition) is 7. The Bertz CT molecular complexity index is 4160. The van der Waals surface area contributed by atoms with Gasteiger partial charge in [-0.1, -0.05) is 112 Å². The van der Waals surface area contributed by atoms with Gasteiger partial charge in [0.05, 0.1) is 148 Å². The highest BCUT2D eigenvalue weighted by molar-refractivity contribution is 6.02. The minimum absolute atomic E-state index is 0.00885. The number of carbonyl (C=O) groups excluding carboxylic acids is 10. The standard InChI is InChI=1S/C87H120N10O22/c1-7-13-78-118-72-52-67-65-24-21-61-51-63(98)29-31-85(61,4)79(65)70(100)53-86(67,5)87(72,119-78)71(101)56-117-77(106)28-27-76(105)116-55-58-19-22-62(23-20-58)92-83(107)59(15-12-32-91-84(88)108)50-69(99)80(57(2)3)93-74(103)30-36-109-40-44-113-48-49-115-46-42-111-38-34-90-73(102)25-26-75(104)96-54-60-14-8-9-16-64(60)81-82(66-17-10-11-18-68(66)96)97(95-94-81)35-39-112-43-47-114-45-41-110-37-33-89-6/h8-11,14,16-20,22-23,29,31,51,57,59,65,67,70,72,78-80,89,100H,7,12-13,15,21,24-28,30,32-50,52-56H2,1-6H3,(H,90,102)(H,92,107)(H,93,103)(H3,88,91,108)/t59-,65+,67+,70+,72-,78?,79-,80+,85+,86+,87-/m1/s1. The number of rotatable bonds is 51. The number of nitrogens with two attached hydrogens (primary N) is 1. The lowest BCUT2D eigenvalue weighted by atomic mass is 9.46. The summed E-state index contributed by atoms with van der Waals surface area (Å²) >= 11 is 0. The van der Waals surface area contributed by atoms with Crippen molar-refractivity contribution in [1.29, 1.82) is 0 Å². The van der Waals surface area contributed by atoms with E-state index in [-0.39, 0.29) is 178 Å². The summed E-state index contributed by atoms with van der Waals surface area (Å²) in [5.41, 5.74) is 9.07. The van der Waals surface area contributed by atoms with E-state index in [0.717, 1.165) is 47.3 Å². The van der Waals surface area contributed by atoms with E-state index in [0.29, 0.717) is 94.5 Å². The summed E-state index contributed by atoms with van der Waals surface area (Å²) in [5, 5.41) is 35.3. The number of nitrogens with one attached hydrogen (secondary N) is 5. The van der Waals surface area contributed by atoms with Crippen LogP contribution < -0.4 is 37.2 Å². The molecule has 1 saturated heterocycles. The molecule has 1 unspecified atom stereocenters. The van der Waals surface area contributed by atoms with Gasteiger partial charge >= 0.3 is 18.0 Å². The van der Waals surface area contributed by atoms with Crippen molar-refractivity contribution < 1.29 is 105 Å². The number of hydrogen-bond acceptors (Lipinski definition) is 25. The molecule has 11 atom stereocenters. The normalized spacial score (nSPS) is 22.4. The van der Waals surface area contributed by atoms with Crippen LogP contribution in [0, 0.1) is 40.4 Å².